The Balaban J connectivity index is 1.91. The van der Waals surface area contributed by atoms with E-state index in [1.165, 1.54) is 11.0 Å². The Hall–Kier alpha value is -3.80. The topological polar surface area (TPSA) is 83.4 Å². The average molecular weight is 373 g/mol. The summed E-state index contributed by atoms with van der Waals surface area (Å²) in [5.41, 5.74) is 2.07. The molecule has 0 saturated heterocycles. The first-order chi connectivity index (χ1) is 13.6. The number of carboxylic acid groups (broad SMARTS) is 1. The molecule has 0 fully saturated rings. The van der Waals surface area contributed by atoms with Crippen molar-refractivity contribution in [3.63, 3.8) is 0 Å². The minimum atomic E-state index is -1.08. The Morgan fingerprint density at radius 2 is 1.64 bits per heavy atom. The van der Waals surface area contributed by atoms with E-state index in [0.717, 1.165) is 5.56 Å². The summed E-state index contributed by atoms with van der Waals surface area (Å²) < 4.78 is 0. The van der Waals surface area contributed by atoms with Crippen molar-refractivity contribution in [3.8, 4) is 0 Å². The van der Waals surface area contributed by atoms with Crippen LogP contribution in [0.15, 0.2) is 85.0 Å². The second-order valence-electron chi connectivity index (χ2n) is 6.15. The van der Waals surface area contributed by atoms with Crippen molar-refractivity contribution in [2.45, 2.75) is 6.54 Å². The molecule has 1 amide bonds. The fourth-order valence-electron chi connectivity index (χ4n) is 2.72. The largest absolute Gasteiger partial charge is 0.478 e. The highest BCUT2D eigenvalue weighted by Crippen LogP contribution is 2.14. The van der Waals surface area contributed by atoms with E-state index >= 15 is 0 Å². The van der Waals surface area contributed by atoms with Crippen LogP contribution in [0, 0.1) is 0 Å². The van der Waals surface area contributed by atoms with Gasteiger partial charge in [-0.25, -0.2) is 4.79 Å². The van der Waals surface area contributed by atoms with E-state index in [4.69, 9.17) is 0 Å². The van der Waals surface area contributed by atoms with Crippen molar-refractivity contribution >= 4 is 18.0 Å². The summed E-state index contributed by atoms with van der Waals surface area (Å²) in [5.74, 6) is -1.33. The van der Waals surface area contributed by atoms with Crippen LogP contribution in [0.3, 0.4) is 0 Å². The lowest BCUT2D eigenvalue weighted by molar-refractivity contribution is -0.132. The molecule has 0 aliphatic rings. The maximum absolute atomic E-state index is 13.0. The van der Waals surface area contributed by atoms with E-state index in [1.807, 2.05) is 12.1 Å². The Morgan fingerprint density at radius 1 is 0.929 bits per heavy atom. The number of aromatic nitrogens is 2. The van der Waals surface area contributed by atoms with Gasteiger partial charge in [-0.2, -0.15) is 0 Å². The van der Waals surface area contributed by atoms with E-state index in [9.17, 15) is 14.7 Å². The van der Waals surface area contributed by atoms with Gasteiger partial charge in [-0.1, -0.05) is 30.3 Å². The highest BCUT2D eigenvalue weighted by Gasteiger charge is 2.20. The number of aliphatic carboxylic acids is 1. The molecule has 140 valence electrons. The van der Waals surface area contributed by atoms with Crippen molar-refractivity contribution in [3.05, 3.63) is 102 Å². The smallest absolute Gasteiger partial charge is 0.333 e. The van der Waals surface area contributed by atoms with Crippen molar-refractivity contribution in [2.75, 3.05) is 6.54 Å². The van der Waals surface area contributed by atoms with Crippen LogP contribution in [0.4, 0.5) is 0 Å². The van der Waals surface area contributed by atoms with Crippen molar-refractivity contribution < 1.29 is 14.7 Å². The van der Waals surface area contributed by atoms with Gasteiger partial charge in [-0.15, -0.1) is 0 Å². The van der Waals surface area contributed by atoms with Crippen LogP contribution in [0.1, 0.15) is 21.5 Å². The summed E-state index contributed by atoms with van der Waals surface area (Å²) in [6, 6.07) is 15.9. The van der Waals surface area contributed by atoms with Crippen molar-refractivity contribution in [2.24, 2.45) is 0 Å². The molecule has 0 aliphatic carbocycles. The number of pyridine rings is 2. The summed E-state index contributed by atoms with van der Waals surface area (Å²) in [6.07, 6.45) is 8.04. The molecule has 0 aliphatic heterocycles. The van der Waals surface area contributed by atoms with Crippen molar-refractivity contribution in [1.29, 1.82) is 0 Å². The Kier molecular flexibility index (Phi) is 6.25. The molecule has 2 aromatic heterocycles. The van der Waals surface area contributed by atoms with Crippen LogP contribution in [0.5, 0.6) is 0 Å². The molecule has 0 radical (unpaired) electrons. The first-order valence-corrected chi connectivity index (χ1v) is 8.70. The first kappa shape index (κ1) is 19.0. The minimum absolute atomic E-state index is 0.0488. The van der Waals surface area contributed by atoms with Gasteiger partial charge in [0.1, 0.15) is 0 Å². The molecular weight excluding hydrogens is 354 g/mol. The molecule has 0 saturated carbocycles. The average Bonchev–Trinajstić information content (AvgIpc) is 2.74. The van der Waals surface area contributed by atoms with Gasteiger partial charge in [-0.3, -0.25) is 14.8 Å². The third-order valence-corrected chi connectivity index (χ3v) is 4.07. The van der Waals surface area contributed by atoms with Crippen LogP contribution in [0.2, 0.25) is 0 Å². The SMILES string of the molecule is O=C(O)/C(=C/c1cccnc1)CN(Cc1cccnc1)C(=O)c1ccccc1. The highest BCUT2D eigenvalue weighted by atomic mass is 16.4. The number of amides is 1. The first-order valence-electron chi connectivity index (χ1n) is 8.70. The third-order valence-electron chi connectivity index (χ3n) is 4.07. The van der Waals surface area contributed by atoms with Gasteiger partial charge in [0, 0.05) is 36.9 Å². The standard InChI is InChI=1S/C22H19N3O3/c26-21(19-8-2-1-3-9-19)25(15-18-7-5-11-24-14-18)16-20(22(27)28)12-17-6-4-10-23-13-17/h1-14H,15-16H2,(H,27,28)/b20-12+. The lowest BCUT2D eigenvalue weighted by Gasteiger charge is -2.23. The van der Waals surface area contributed by atoms with E-state index in [-0.39, 0.29) is 24.6 Å². The summed E-state index contributed by atoms with van der Waals surface area (Å²) >= 11 is 0. The van der Waals surface area contributed by atoms with Gasteiger partial charge < -0.3 is 10.0 Å². The molecule has 3 aromatic rings. The van der Waals surface area contributed by atoms with Crippen LogP contribution in [-0.2, 0) is 11.3 Å². The number of carbonyl (C=O) groups is 2. The molecule has 3 rings (SSSR count). The zero-order chi connectivity index (χ0) is 19.8. The molecule has 0 atom stereocenters. The normalized spacial score (nSPS) is 11.1. The van der Waals surface area contributed by atoms with Gasteiger partial charge in [0.05, 0.1) is 12.1 Å². The fraction of sp³-hybridized carbons (Fsp3) is 0.0909. The third kappa shape index (κ3) is 5.11. The number of benzene rings is 1. The van der Waals surface area contributed by atoms with Crippen LogP contribution >= 0.6 is 0 Å². The van der Waals surface area contributed by atoms with E-state index < -0.39 is 5.97 Å². The van der Waals surface area contributed by atoms with E-state index in [2.05, 4.69) is 9.97 Å². The Labute approximate surface area is 162 Å². The number of carbonyl (C=O) groups excluding carboxylic acids is 1. The molecule has 28 heavy (non-hydrogen) atoms. The van der Waals surface area contributed by atoms with Gasteiger partial charge >= 0.3 is 5.97 Å². The van der Waals surface area contributed by atoms with Crippen molar-refractivity contribution in [1.82, 2.24) is 14.9 Å². The number of hydrogen-bond acceptors (Lipinski definition) is 4. The Morgan fingerprint density at radius 3 is 2.25 bits per heavy atom. The van der Waals surface area contributed by atoms with Gasteiger partial charge in [0.2, 0.25) is 0 Å². The maximum Gasteiger partial charge on any atom is 0.333 e. The molecule has 6 heteroatoms. The molecule has 1 N–H and O–H groups in total. The molecule has 1 aromatic carbocycles. The van der Waals surface area contributed by atoms with Crippen LogP contribution < -0.4 is 0 Å². The summed E-state index contributed by atoms with van der Waals surface area (Å²) in [6.45, 7) is 0.200. The zero-order valence-corrected chi connectivity index (χ0v) is 15.1. The van der Waals surface area contributed by atoms with Gasteiger partial charge in [-0.05, 0) is 41.5 Å². The monoisotopic (exact) mass is 373 g/mol. The molecule has 2 heterocycles. The number of carboxylic acids is 1. The summed E-state index contributed by atoms with van der Waals surface area (Å²) in [7, 11) is 0. The second kappa shape index (κ2) is 9.23. The summed E-state index contributed by atoms with van der Waals surface area (Å²) in [5, 5.41) is 9.66. The molecule has 0 bridgehead atoms. The predicted molar refractivity (Wildman–Crippen MR) is 105 cm³/mol. The molecule has 6 nitrogen and oxygen atoms in total. The lowest BCUT2D eigenvalue weighted by Crippen LogP contribution is -2.33. The number of rotatable bonds is 7. The van der Waals surface area contributed by atoms with Gasteiger partial charge in [0.15, 0.2) is 0 Å². The number of nitrogens with zero attached hydrogens (tertiary/aromatic N) is 3. The number of hydrogen-bond donors (Lipinski definition) is 1. The maximum atomic E-state index is 13.0. The predicted octanol–water partition coefficient (Wildman–Crippen LogP) is 3.29. The van der Waals surface area contributed by atoms with Crippen LogP contribution in [0.25, 0.3) is 6.08 Å². The fourth-order valence-corrected chi connectivity index (χ4v) is 2.72. The van der Waals surface area contributed by atoms with Gasteiger partial charge in [0.25, 0.3) is 5.91 Å². The lowest BCUT2D eigenvalue weighted by atomic mass is 10.1. The van der Waals surface area contributed by atoms with E-state index in [0.29, 0.717) is 11.1 Å². The molecule has 0 spiro atoms. The van der Waals surface area contributed by atoms with E-state index in [1.54, 1.807) is 67.3 Å². The second-order valence-corrected chi connectivity index (χ2v) is 6.15. The minimum Gasteiger partial charge on any atom is -0.478 e. The Bertz CT molecular complexity index is 958. The quantitative estimate of drug-likeness (QED) is 0.643. The summed E-state index contributed by atoms with van der Waals surface area (Å²) in [4.78, 5) is 34.4. The highest BCUT2D eigenvalue weighted by molar-refractivity contribution is 5.97. The van der Waals surface area contributed by atoms with Crippen LogP contribution in [-0.4, -0.2) is 38.4 Å². The molecular formula is C22H19N3O3. The zero-order valence-electron chi connectivity index (χ0n) is 15.1. The molecule has 0 unspecified atom stereocenters.